The van der Waals surface area contributed by atoms with Gasteiger partial charge in [0.25, 0.3) is 0 Å². The minimum atomic E-state index is -0.231. The smallest absolute Gasteiger partial charge is 0.222 e. The molecular formula is C19H23FN4. The highest BCUT2D eigenvalue weighted by Gasteiger charge is 2.39. The van der Waals surface area contributed by atoms with Crippen molar-refractivity contribution in [3.8, 4) is 11.1 Å². The van der Waals surface area contributed by atoms with Crippen molar-refractivity contribution in [3.05, 3.63) is 42.0 Å². The average Bonchev–Trinajstić information content (AvgIpc) is 2.59. The molecule has 4 nitrogen and oxygen atoms in total. The number of hydrogen-bond donors (Lipinski definition) is 1. The van der Waals surface area contributed by atoms with Crippen molar-refractivity contribution in [1.82, 2.24) is 14.9 Å². The van der Waals surface area contributed by atoms with Gasteiger partial charge in [0.2, 0.25) is 5.95 Å². The van der Waals surface area contributed by atoms with Crippen LogP contribution in [0.4, 0.5) is 10.3 Å². The van der Waals surface area contributed by atoms with Crippen LogP contribution in [0, 0.1) is 18.7 Å². The van der Waals surface area contributed by atoms with E-state index in [0.29, 0.717) is 35.1 Å². The molecular weight excluding hydrogens is 303 g/mol. The molecule has 24 heavy (non-hydrogen) atoms. The lowest BCUT2D eigenvalue weighted by atomic mass is 9.79. The minimum absolute atomic E-state index is 0.231. The second-order valence-electron chi connectivity index (χ2n) is 7.06. The van der Waals surface area contributed by atoms with Gasteiger partial charge >= 0.3 is 0 Å². The molecule has 0 spiro atoms. The molecule has 5 rings (SSSR count). The zero-order valence-corrected chi connectivity index (χ0v) is 14.2. The second kappa shape index (κ2) is 6.13. The molecule has 0 saturated carbocycles. The normalized spacial score (nSPS) is 28.8. The summed E-state index contributed by atoms with van der Waals surface area (Å²) in [5.74, 6) is 1.10. The summed E-state index contributed by atoms with van der Waals surface area (Å²) in [6.45, 7) is 6.57. The lowest BCUT2D eigenvalue weighted by Gasteiger charge is -2.49. The molecule has 3 aliphatic rings. The quantitative estimate of drug-likeness (QED) is 0.937. The summed E-state index contributed by atoms with van der Waals surface area (Å²) in [5.41, 5.74) is 2.16. The van der Waals surface area contributed by atoms with Gasteiger partial charge in [-0.1, -0.05) is 12.1 Å². The van der Waals surface area contributed by atoms with Crippen molar-refractivity contribution >= 4 is 5.95 Å². The SMILES string of the molecule is Cc1ccc(-c2cnc(N[C@H]3C4CCN(CC4)[C@@H]3C)nc2)c(F)c1. The standard InChI is InChI=1S/C19H23FN4/c1-12-3-4-16(17(20)9-12)15-10-21-19(22-11-15)23-18-13(2)24-7-5-14(18)6-8-24/h3-4,9-11,13-14,18H,5-8H2,1-2H3,(H,21,22,23)/t13-,18-/m1/s1. The van der Waals surface area contributed by atoms with Crippen molar-refractivity contribution in [2.45, 2.75) is 38.8 Å². The van der Waals surface area contributed by atoms with E-state index in [4.69, 9.17) is 0 Å². The number of anilines is 1. The van der Waals surface area contributed by atoms with Gasteiger partial charge in [0.05, 0.1) is 0 Å². The van der Waals surface area contributed by atoms with Crippen LogP contribution in [0.25, 0.3) is 11.1 Å². The first kappa shape index (κ1) is 15.5. The second-order valence-corrected chi connectivity index (χ2v) is 7.06. The van der Waals surface area contributed by atoms with Gasteiger partial charge in [0.15, 0.2) is 0 Å². The highest BCUT2D eigenvalue weighted by Crippen LogP contribution is 2.33. The van der Waals surface area contributed by atoms with Crippen LogP contribution in [-0.4, -0.2) is 40.0 Å². The van der Waals surface area contributed by atoms with E-state index in [0.717, 1.165) is 5.56 Å². The number of fused-ring (bicyclic) bond motifs is 3. The van der Waals surface area contributed by atoms with E-state index in [1.807, 2.05) is 13.0 Å². The van der Waals surface area contributed by atoms with Crippen LogP contribution in [0.15, 0.2) is 30.6 Å². The summed E-state index contributed by atoms with van der Waals surface area (Å²) >= 11 is 0. The Hall–Kier alpha value is -2.01. The molecule has 1 aromatic heterocycles. The van der Waals surface area contributed by atoms with Crippen LogP contribution in [0.1, 0.15) is 25.3 Å². The molecule has 126 valence electrons. The topological polar surface area (TPSA) is 41.1 Å². The van der Waals surface area contributed by atoms with Crippen molar-refractivity contribution in [2.75, 3.05) is 18.4 Å². The molecule has 2 aromatic rings. The third kappa shape index (κ3) is 2.77. The Bertz CT molecular complexity index is 721. The van der Waals surface area contributed by atoms with Crippen LogP contribution < -0.4 is 5.32 Å². The largest absolute Gasteiger partial charge is 0.350 e. The van der Waals surface area contributed by atoms with Gasteiger partial charge in [-0.15, -0.1) is 0 Å². The monoisotopic (exact) mass is 326 g/mol. The molecule has 3 saturated heterocycles. The molecule has 3 aliphatic heterocycles. The summed E-state index contributed by atoms with van der Waals surface area (Å²) in [6, 6.07) is 6.13. The molecule has 2 atom stereocenters. The Morgan fingerprint density at radius 3 is 2.50 bits per heavy atom. The fourth-order valence-electron chi connectivity index (χ4n) is 4.09. The van der Waals surface area contributed by atoms with Crippen molar-refractivity contribution in [2.24, 2.45) is 5.92 Å². The van der Waals surface area contributed by atoms with Crippen LogP contribution >= 0.6 is 0 Å². The number of piperidine rings is 3. The fourth-order valence-corrected chi connectivity index (χ4v) is 4.09. The van der Waals surface area contributed by atoms with Crippen molar-refractivity contribution in [3.63, 3.8) is 0 Å². The summed E-state index contributed by atoms with van der Waals surface area (Å²) in [5, 5.41) is 3.51. The predicted molar refractivity (Wildman–Crippen MR) is 93.3 cm³/mol. The third-order valence-corrected chi connectivity index (χ3v) is 5.56. The van der Waals surface area contributed by atoms with Crippen LogP contribution in [0.2, 0.25) is 0 Å². The summed E-state index contributed by atoms with van der Waals surface area (Å²) in [7, 11) is 0. The molecule has 0 radical (unpaired) electrons. The van der Waals surface area contributed by atoms with Gasteiger partial charge in [-0.05, 0) is 57.3 Å². The van der Waals surface area contributed by atoms with Gasteiger partial charge in [-0.25, -0.2) is 14.4 Å². The Morgan fingerprint density at radius 1 is 1.17 bits per heavy atom. The van der Waals surface area contributed by atoms with Gasteiger partial charge in [0.1, 0.15) is 5.82 Å². The fraction of sp³-hybridized carbons (Fsp3) is 0.474. The van der Waals surface area contributed by atoms with E-state index in [9.17, 15) is 4.39 Å². The number of aromatic nitrogens is 2. The highest BCUT2D eigenvalue weighted by atomic mass is 19.1. The summed E-state index contributed by atoms with van der Waals surface area (Å²) < 4.78 is 14.1. The lowest BCUT2D eigenvalue weighted by molar-refractivity contribution is 0.0455. The summed E-state index contributed by atoms with van der Waals surface area (Å²) in [4.78, 5) is 11.4. The van der Waals surface area contributed by atoms with Gasteiger partial charge < -0.3 is 5.32 Å². The lowest BCUT2D eigenvalue weighted by Crippen LogP contribution is -2.59. The molecule has 5 heteroatoms. The Labute approximate surface area is 142 Å². The third-order valence-electron chi connectivity index (χ3n) is 5.56. The van der Waals surface area contributed by atoms with Gasteiger partial charge in [0, 0.05) is 35.6 Å². The molecule has 3 fully saturated rings. The number of nitrogens with one attached hydrogen (secondary N) is 1. The van der Waals surface area contributed by atoms with Crippen molar-refractivity contribution in [1.29, 1.82) is 0 Å². The first-order chi connectivity index (χ1) is 11.6. The van der Waals surface area contributed by atoms with Gasteiger partial charge in [-0.2, -0.15) is 0 Å². The van der Waals surface area contributed by atoms with E-state index in [1.165, 1.54) is 32.0 Å². The predicted octanol–water partition coefficient (Wildman–Crippen LogP) is 3.49. The Morgan fingerprint density at radius 2 is 1.88 bits per heavy atom. The maximum absolute atomic E-state index is 14.1. The molecule has 2 bridgehead atoms. The first-order valence-corrected chi connectivity index (χ1v) is 8.71. The zero-order chi connectivity index (χ0) is 16.7. The van der Waals surface area contributed by atoms with E-state index < -0.39 is 0 Å². The average molecular weight is 326 g/mol. The molecule has 0 aliphatic carbocycles. The van der Waals surface area contributed by atoms with Gasteiger partial charge in [-0.3, -0.25) is 4.90 Å². The molecule has 0 amide bonds. The highest BCUT2D eigenvalue weighted by molar-refractivity contribution is 5.63. The Kier molecular flexibility index (Phi) is 3.96. The number of rotatable bonds is 3. The maximum atomic E-state index is 14.1. The van der Waals surface area contributed by atoms with E-state index in [-0.39, 0.29) is 5.82 Å². The van der Waals surface area contributed by atoms with Crippen molar-refractivity contribution < 1.29 is 4.39 Å². The number of hydrogen-bond acceptors (Lipinski definition) is 4. The van der Waals surface area contributed by atoms with Crippen LogP contribution in [-0.2, 0) is 0 Å². The Balaban J connectivity index is 1.52. The van der Waals surface area contributed by atoms with Crippen LogP contribution in [0.3, 0.4) is 0 Å². The zero-order valence-electron chi connectivity index (χ0n) is 14.2. The molecule has 4 heterocycles. The number of benzene rings is 1. The van der Waals surface area contributed by atoms with E-state index in [1.54, 1.807) is 18.5 Å². The summed E-state index contributed by atoms with van der Waals surface area (Å²) in [6.07, 6.45) is 5.90. The molecule has 0 unspecified atom stereocenters. The number of nitrogens with zero attached hydrogens (tertiary/aromatic N) is 3. The number of aryl methyl sites for hydroxylation is 1. The van der Waals surface area contributed by atoms with E-state index >= 15 is 0 Å². The number of halogens is 1. The molecule has 1 aromatic carbocycles. The first-order valence-electron chi connectivity index (χ1n) is 8.71. The maximum Gasteiger partial charge on any atom is 0.222 e. The van der Waals surface area contributed by atoms with Crippen LogP contribution in [0.5, 0.6) is 0 Å². The molecule has 1 N–H and O–H groups in total. The van der Waals surface area contributed by atoms with E-state index in [2.05, 4.69) is 27.1 Å². The minimum Gasteiger partial charge on any atom is -0.350 e.